The summed E-state index contributed by atoms with van der Waals surface area (Å²) in [5.74, 6) is 0.237. The molecule has 0 aromatic heterocycles. The second-order valence-corrected chi connectivity index (χ2v) is 10.2. The minimum atomic E-state index is -1.02. The number of hydrogen-bond donors (Lipinski definition) is 1. The van der Waals surface area contributed by atoms with Crippen molar-refractivity contribution in [2.24, 2.45) is 5.92 Å². The van der Waals surface area contributed by atoms with Crippen LogP contribution in [0.2, 0.25) is 0 Å². The minimum absolute atomic E-state index is 0.163. The molecule has 1 aliphatic heterocycles. The fourth-order valence-corrected chi connectivity index (χ4v) is 3.20. The zero-order valence-corrected chi connectivity index (χ0v) is 11.6. The Kier molecular flexibility index (Phi) is 3.80. The molecule has 1 heterocycles. The van der Waals surface area contributed by atoms with Gasteiger partial charge in [-0.05, 0) is 32.8 Å². The standard InChI is InChI=1S/C11H24BO2P/c1-8-9(13)11(2,14-10(8)12)6-7-15(3,4)5/h8-10,13H,3,6-7,12H2,1-2,4-5H3/t8-,9+,10-,11-/m1/s1. The van der Waals surface area contributed by atoms with Crippen molar-refractivity contribution in [1.82, 2.24) is 0 Å². The lowest BCUT2D eigenvalue weighted by atomic mass is 9.83. The summed E-state index contributed by atoms with van der Waals surface area (Å²) in [5.41, 5.74) is -0.353. The molecule has 0 amide bonds. The molecular weight excluding hydrogens is 206 g/mol. The molecule has 1 aliphatic rings. The number of aliphatic hydroxyl groups is 1. The molecule has 15 heavy (non-hydrogen) atoms. The van der Waals surface area contributed by atoms with Gasteiger partial charge >= 0.3 is 0 Å². The first-order chi connectivity index (χ1) is 6.66. The molecule has 0 spiro atoms. The summed E-state index contributed by atoms with van der Waals surface area (Å²) in [4.78, 5) is 0. The van der Waals surface area contributed by atoms with Crippen LogP contribution >= 0.6 is 6.89 Å². The molecule has 1 saturated heterocycles. The third-order valence-electron chi connectivity index (χ3n) is 3.53. The predicted molar refractivity (Wildman–Crippen MR) is 72.4 cm³/mol. The number of aliphatic hydroxyl groups excluding tert-OH is 1. The van der Waals surface area contributed by atoms with E-state index in [0.29, 0.717) is 0 Å². The van der Waals surface area contributed by atoms with Crippen LogP contribution in [0.15, 0.2) is 0 Å². The molecule has 0 bridgehead atoms. The zero-order valence-electron chi connectivity index (χ0n) is 10.7. The van der Waals surface area contributed by atoms with E-state index in [9.17, 15) is 5.11 Å². The Balaban J connectivity index is 2.64. The second kappa shape index (κ2) is 4.27. The molecule has 1 fully saturated rings. The molecule has 4 atom stereocenters. The highest BCUT2D eigenvalue weighted by Gasteiger charge is 2.47. The first-order valence-electron chi connectivity index (χ1n) is 5.69. The van der Waals surface area contributed by atoms with Crippen molar-refractivity contribution in [3.8, 4) is 0 Å². The fraction of sp³-hybridized carbons (Fsp3) is 0.909. The van der Waals surface area contributed by atoms with E-state index in [1.165, 1.54) is 0 Å². The number of hydrogen-bond acceptors (Lipinski definition) is 2. The Hall–Kier alpha value is 0.285. The van der Waals surface area contributed by atoms with Gasteiger partial charge in [-0.2, -0.15) is 0 Å². The Morgan fingerprint density at radius 3 is 2.40 bits per heavy atom. The van der Waals surface area contributed by atoms with Crippen molar-refractivity contribution in [1.29, 1.82) is 0 Å². The van der Waals surface area contributed by atoms with Crippen molar-refractivity contribution < 1.29 is 9.84 Å². The first kappa shape index (κ1) is 13.4. The summed E-state index contributed by atoms with van der Waals surface area (Å²) >= 11 is 0. The summed E-state index contributed by atoms with van der Waals surface area (Å²) < 4.78 is 5.91. The maximum absolute atomic E-state index is 10.2. The van der Waals surface area contributed by atoms with Gasteiger partial charge in [-0.3, -0.25) is 0 Å². The Labute approximate surface area is 94.8 Å². The molecule has 0 aromatic carbocycles. The molecule has 0 aromatic rings. The van der Waals surface area contributed by atoms with Gasteiger partial charge in [-0.25, -0.2) is 0 Å². The van der Waals surface area contributed by atoms with Crippen molar-refractivity contribution in [3.05, 3.63) is 0 Å². The molecule has 88 valence electrons. The smallest absolute Gasteiger partial charge is 0.139 e. The predicted octanol–water partition coefficient (Wildman–Crippen LogP) is 0.831. The number of ether oxygens (including phenoxy) is 1. The highest BCUT2D eigenvalue weighted by atomic mass is 31.2. The largest absolute Gasteiger partial charge is 0.390 e. The van der Waals surface area contributed by atoms with E-state index >= 15 is 0 Å². The normalized spacial score (nSPS) is 42.1. The summed E-state index contributed by atoms with van der Waals surface area (Å²) in [6.45, 7) is 7.53. The van der Waals surface area contributed by atoms with E-state index in [4.69, 9.17) is 4.74 Å². The van der Waals surface area contributed by atoms with Crippen LogP contribution in [0.3, 0.4) is 0 Å². The van der Waals surface area contributed by atoms with Crippen molar-refractivity contribution in [2.75, 3.05) is 19.5 Å². The molecule has 1 N–H and O–H groups in total. The first-order valence-corrected chi connectivity index (χ1v) is 8.74. The van der Waals surface area contributed by atoms with E-state index in [1.807, 2.05) is 14.8 Å². The van der Waals surface area contributed by atoms with Crippen LogP contribution in [0.4, 0.5) is 0 Å². The van der Waals surface area contributed by atoms with Crippen LogP contribution in [-0.4, -0.2) is 56.5 Å². The molecule has 1 rings (SSSR count). The molecule has 4 heteroatoms. The zero-order chi connectivity index (χ0) is 11.9. The van der Waals surface area contributed by atoms with Gasteiger partial charge in [0.15, 0.2) is 0 Å². The van der Waals surface area contributed by atoms with Gasteiger partial charge in [0.05, 0.1) is 11.7 Å². The molecule has 2 nitrogen and oxygen atoms in total. The lowest BCUT2D eigenvalue weighted by Gasteiger charge is -2.30. The number of rotatable bonds is 3. The molecule has 0 saturated carbocycles. The molecule has 0 radical (unpaired) electrons. The van der Waals surface area contributed by atoms with Crippen LogP contribution in [0, 0.1) is 5.92 Å². The van der Waals surface area contributed by atoms with Crippen molar-refractivity contribution >= 4 is 21.0 Å². The molecule has 0 aliphatic carbocycles. The maximum Gasteiger partial charge on any atom is 0.139 e. The van der Waals surface area contributed by atoms with Crippen LogP contribution in [0.5, 0.6) is 0 Å². The Bertz CT molecular complexity index is 276. The van der Waals surface area contributed by atoms with Gasteiger partial charge in [-0.15, -0.1) is 13.2 Å². The van der Waals surface area contributed by atoms with Crippen LogP contribution in [0.25, 0.3) is 0 Å². The van der Waals surface area contributed by atoms with Gasteiger partial charge < -0.3 is 9.84 Å². The van der Waals surface area contributed by atoms with Crippen molar-refractivity contribution in [3.63, 3.8) is 0 Å². The monoisotopic (exact) mass is 230 g/mol. The third kappa shape index (κ3) is 3.12. The lowest BCUT2D eigenvalue weighted by molar-refractivity contribution is -0.0545. The average Bonchev–Trinajstić information content (AvgIpc) is 2.27. The van der Waals surface area contributed by atoms with Crippen LogP contribution in [-0.2, 0) is 4.74 Å². The van der Waals surface area contributed by atoms with E-state index < -0.39 is 6.89 Å². The fourth-order valence-electron chi connectivity index (χ4n) is 2.15. The van der Waals surface area contributed by atoms with E-state index in [-0.39, 0.29) is 23.6 Å². The van der Waals surface area contributed by atoms with Crippen LogP contribution in [0.1, 0.15) is 20.3 Å². The topological polar surface area (TPSA) is 29.5 Å². The molecular formula is C11H24BO2P. The maximum atomic E-state index is 10.2. The van der Waals surface area contributed by atoms with Crippen LogP contribution < -0.4 is 0 Å². The SMILES string of the molecule is B[C@@H]1O[C@](C)(CCP(=C)(C)C)[C@@H](O)[C@H]1C. The minimum Gasteiger partial charge on any atom is -0.390 e. The molecule has 0 unspecified atom stereocenters. The highest BCUT2D eigenvalue weighted by Crippen LogP contribution is 2.42. The quantitative estimate of drug-likeness (QED) is 0.574. The Morgan fingerprint density at radius 2 is 2.07 bits per heavy atom. The second-order valence-electron chi connectivity index (χ2n) is 5.85. The van der Waals surface area contributed by atoms with Gasteiger partial charge in [0.25, 0.3) is 0 Å². The van der Waals surface area contributed by atoms with Gasteiger partial charge in [-0.1, -0.05) is 6.92 Å². The van der Waals surface area contributed by atoms with E-state index in [0.717, 1.165) is 12.6 Å². The lowest BCUT2D eigenvalue weighted by Crippen LogP contribution is -2.38. The van der Waals surface area contributed by atoms with Gasteiger partial charge in [0.2, 0.25) is 0 Å². The van der Waals surface area contributed by atoms with Crippen molar-refractivity contribution in [2.45, 2.75) is 38.0 Å². The summed E-state index contributed by atoms with van der Waals surface area (Å²) in [7, 11) is 2.05. The summed E-state index contributed by atoms with van der Waals surface area (Å²) in [6.07, 6.45) is 5.87. The summed E-state index contributed by atoms with van der Waals surface area (Å²) in [6, 6.07) is 0.163. The summed E-state index contributed by atoms with van der Waals surface area (Å²) in [5, 5.41) is 10.2. The average molecular weight is 230 g/mol. The van der Waals surface area contributed by atoms with Gasteiger partial charge in [0, 0.05) is 11.9 Å². The highest BCUT2D eigenvalue weighted by molar-refractivity contribution is 7.72. The Morgan fingerprint density at radius 1 is 1.53 bits per heavy atom. The van der Waals surface area contributed by atoms with E-state index in [2.05, 4.69) is 26.6 Å². The van der Waals surface area contributed by atoms with Gasteiger partial charge in [0.1, 0.15) is 7.85 Å². The van der Waals surface area contributed by atoms with E-state index in [1.54, 1.807) is 0 Å². The third-order valence-corrected chi connectivity index (χ3v) is 4.97.